The lowest BCUT2D eigenvalue weighted by Gasteiger charge is -2.20. The highest BCUT2D eigenvalue weighted by Crippen LogP contribution is 2.13. The minimum atomic E-state index is -0.486. The van der Waals surface area contributed by atoms with Gasteiger partial charge in [0.2, 0.25) is 11.8 Å². The van der Waals surface area contributed by atoms with Crippen LogP contribution in [0.4, 0.5) is 11.4 Å². The summed E-state index contributed by atoms with van der Waals surface area (Å²) in [5.41, 5.74) is 1.15. The van der Waals surface area contributed by atoms with Gasteiger partial charge in [-0.05, 0) is 42.6 Å². The van der Waals surface area contributed by atoms with E-state index in [1.165, 1.54) is 23.2 Å². The number of benzene rings is 1. The topological polar surface area (TPSA) is 105 Å². The number of ether oxygens (including phenoxy) is 1. The number of anilines is 2. The van der Waals surface area contributed by atoms with Gasteiger partial charge in [0.25, 0.3) is 5.91 Å². The highest BCUT2D eigenvalue weighted by molar-refractivity contribution is 7.10. The number of carbonyl (C=O) groups excluding carboxylic acids is 4. The summed E-state index contributed by atoms with van der Waals surface area (Å²) in [7, 11) is 0. The van der Waals surface area contributed by atoms with E-state index in [0.717, 1.165) is 4.88 Å². The lowest BCUT2D eigenvalue weighted by atomic mass is 10.2. The van der Waals surface area contributed by atoms with E-state index in [9.17, 15) is 19.2 Å². The van der Waals surface area contributed by atoms with Crippen molar-refractivity contribution in [2.45, 2.75) is 20.3 Å². The molecule has 1 aromatic heterocycles. The fourth-order valence-corrected chi connectivity index (χ4v) is 3.12. The SMILES string of the molecule is CCN(CC(=O)Nc1ccc(NC(C)=O)cc1)C(=O)COC(=O)Cc1cccs1. The first kappa shape index (κ1) is 22.1. The van der Waals surface area contributed by atoms with Gasteiger partial charge < -0.3 is 20.3 Å². The zero-order chi connectivity index (χ0) is 21.2. The summed E-state index contributed by atoms with van der Waals surface area (Å²) in [5, 5.41) is 7.18. The minimum Gasteiger partial charge on any atom is -0.455 e. The monoisotopic (exact) mass is 417 g/mol. The van der Waals surface area contributed by atoms with Crippen LogP contribution in [0.2, 0.25) is 0 Å². The second-order valence-corrected chi connectivity index (χ2v) is 7.16. The van der Waals surface area contributed by atoms with Crippen molar-refractivity contribution in [2.75, 3.05) is 30.3 Å². The van der Waals surface area contributed by atoms with Crippen LogP contribution in [0, 0.1) is 0 Å². The highest BCUT2D eigenvalue weighted by atomic mass is 32.1. The third-order valence-corrected chi connectivity index (χ3v) is 4.69. The van der Waals surface area contributed by atoms with E-state index in [0.29, 0.717) is 17.9 Å². The van der Waals surface area contributed by atoms with Crippen LogP contribution in [0.15, 0.2) is 41.8 Å². The number of nitrogens with one attached hydrogen (secondary N) is 2. The van der Waals surface area contributed by atoms with Gasteiger partial charge in [0.05, 0.1) is 13.0 Å². The Morgan fingerprint density at radius 2 is 1.69 bits per heavy atom. The molecule has 0 saturated carbocycles. The first-order valence-electron chi connectivity index (χ1n) is 9.00. The Hall–Kier alpha value is -3.20. The number of amides is 3. The molecule has 29 heavy (non-hydrogen) atoms. The number of rotatable bonds is 9. The molecule has 0 fully saturated rings. The summed E-state index contributed by atoms with van der Waals surface area (Å²) in [6, 6.07) is 10.3. The van der Waals surface area contributed by atoms with Crippen molar-refractivity contribution in [1.82, 2.24) is 4.90 Å². The quantitative estimate of drug-likeness (QED) is 0.609. The standard InChI is InChI=1S/C20H23N3O5S/c1-3-23(19(26)13-28-20(27)11-17-5-4-10-29-17)12-18(25)22-16-8-6-15(7-9-16)21-14(2)24/h4-10H,3,11-13H2,1-2H3,(H,21,24)(H,22,25). The molecule has 0 aliphatic heterocycles. The van der Waals surface area contributed by atoms with Gasteiger partial charge in [0.1, 0.15) is 0 Å². The van der Waals surface area contributed by atoms with E-state index in [4.69, 9.17) is 4.74 Å². The van der Waals surface area contributed by atoms with E-state index >= 15 is 0 Å². The molecular weight excluding hydrogens is 394 g/mol. The van der Waals surface area contributed by atoms with Gasteiger partial charge in [-0.2, -0.15) is 0 Å². The van der Waals surface area contributed by atoms with E-state index in [1.807, 2.05) is 17.5 Å². The van der Waals surface area contributed by atoms with Crippen LogP contribution in [0.1, 0.15) is 18.7 Å². The van der Waals surface area contributed by atoms with Gasteiger partial charge in [-0.1, -0.05) is 6.07 Å². The number of thiophene rings is 1. The van der Waals surface area contributed by atoms with E-state index < -0.39 is 18.5 Å². The van der Waals surface area contributed by atoms with E-state index in [1.54, 1.807) is 31.2 Å². The van der Waals surface area contributed by atoms with Crippen molar-refractivity contribution in [3.8, 4) is 0 Å². The zero-order valence-corrected chi connectivity index (χ0v) is 17.1. The molecule has 0 unspecified atom stereocenters. The van der Waals surface area contributed by atoms with Crippen LogP contribution < -0.4 is 10.6 Å². The fraction of sp³-hybridized carbons (Fsp3) is 0.300. The molecule has 0 saturated heterocycles. The molecule has 8 nitrogen and oxygen atoms in total. The number of esters is 1. The summed E-state index contributed by atoms with van der Waals surface area (Å²) in [6.07, 6.45) is 0.117. The van der Waals surface area contributed by atoms with E-state index in [2.05, 4.69) is 10.6 Å². The molecule has 154 valence electrons. The Morgan fingerprint density at radius 3 is 2.24 bits per heavy atom. The lowest BCUT2D eigenvalue weighted by molar-refractivity contribution is -0.151. The molecule has 2 aromatic rings. The molecule has 9 heteroatoms. The molecule has 0 aliphatic rings. The van der Waals surface area contributed by atoms with Crippen molar-refractivity contribution in [3.63, 3.8) is 0 Å². The Labute approximate surface area is 172 Å². The van der Waals surface area contributed by atoms with Gasteiger partial charge in [-0.15, -0.1) is 11.3 Å². The summed E-state index contributed by atoms with van der Waals surface area (Å²) in [5.74, 6) is -1.49. The summed E-state index contributed by atoms with van der Waals surface area (Å²) in [4.78, 5) is 49.4. The number of hydrogen-bond donors (Lipinski definition) is 2. The van der Waals surface area contributed by atoms with Gasteiger partial charge in [-0.3, -0.25) is 19.2 Å². The predicted molar refractivity (Wildman–Crippen MR) is 111 cm³/mol. The van der Waals surface area contributed by atoms with Crippen molar-refractivity contribution < 1.29 is 23.9 Å². The van der Waals surface area contributed by atoms with Gasteiger partial charge >= 0.3 is 5.97 Å². The van der Waals surface area contributed by atoms with Crippen molar-refractivity contribution >= 4 is 46.4 Å². The number of hydrogen-bond acceptors (Lipinski definition) is 6. The van der Waals surface area contributed by atoms with Crippen LogP contribution in [-0.4, -0.2) is 48.3 Å². The highest BCUT2D eigenvalue weighted by Gasteiger charge is 2.18. The third kappa shape index (κ3) is 7.74. The van der Waals surface area contributed by atoms with Crippen LogP contribution in [0.5, 0.6) is 0 Å². The smallest absolute Gasteiger partial charge is 0.311 e. The molecule has 2 N–H and O–H groups in total. The second-order valence-electron chi connectivity index (χ2n) is 6.13. The maximum Gasteiger partial charge on any atom is 0.311 e. The molecule has 0 aliphatic carbocycles. The summed E-state index contributed by atoms with van der Waals surface area (Å²) >= 11 is 1.44. The molecule has 1 aromatic carbocycles. The Morgan fingerprint density at radius 1 is 1.03 bits per heavy atom. The number of nitrogens with zero attached hydrogens (tertiary/aromatic N) is 1. The second kappa shape index (κ2) is 11.0. The average molecular weight is 417 g/mol. The normalized spacial score (nSPS) is 10.1. The Bertz CT molecular complexity index is 850. The molecule has 0 atom stereocenters. The minimum absolute atomic E-state index is 0.117. The first-order valence-corrected chi connectivity index (χ1v) is 9.88. The summed E-state index contributed by atoms with van der Waals surface area (Å²) in [6.45, 7) is 2.88. The van der Waals surface area contributed by atoms with Crippen LogP contribution in [0.3, 0.4) is 0 Å². The summed E-state index contributed by atoms with van der Waals surface area (Å²) < 4.78 is 5.01. The maximum atomic E-state index is 12.2. The molecular formula is C20H23N3O5S. The van der Waals surface area contributed by atoms with Gasteiger partial charge in [-0.25, -0.2) is 0 Å². The number of likely N-dealkylation sites (N-methyl/N-ethyl adjacent to an activating group) is 1. The molecule has 0 radical (unpaired) electrons. The van der Waals surface area contributed by atoms with Crippen molar-refractivity contribution in [1.29, 1.82) is 0 Å². The molecule has 3 amide bonds. The van der Waals surface area contributed by atoms with Gasteiger partial charge in [0, 0.05) is 29.7 Å². The Kier molecular flexibility index (Phi) is 8.35. The van der Waals surface area contributed by atoms with Crippen molar-refractivity contribution in [2.24, 2.45) is 0 Å². The maximum absolute atomic E-state index is 12.2. The third-order valence-electron chi connectivity index (χ3n) is 3.81. The average Bonchev–Trinajstić information content (AvgIpc) is 3.18. The van der Waals surface area contributed by atoms with Crippen molar-refractivity contribution in [3.05, 3.63) is 46.7 Å². The van der Waals surface area contributed by atoms with Crippen LogP contribution in [0.25, 0.3) is 0 Å². The lowest BCUT2D eigenvalue weighted by Crippen LogP contribution is -2.40. The molecule has 0 bridgehead atoms. The van der Waals surface area contributed by atoms with E-state index in [-0.39, 0.29) is 24.8 Å². The zero-order valence-electron chi connectivity index (χ0n) is 16.3. The molecule has 2 rings (SSSR count). The predicted octanol–water partition coefficient (Wildman–Crippen LogP) is 2.28. The molecule has 0 spiro atoms. The largest absolute Gasteiger partial charge is 0.455 e. The van der Waals surface area contributed by atoms with Gasteiger partial charge in [0.15, 0.2) is 6.61 Å². The first-order chi connectivity index (χ1) is 13.9. The fourth-order valence-electron chi connectivity index (χ4n) is 2.43. The number of carbonyl (C=O) groups is 4. The van der Waals surface area contributed by atoms with Crippen LogP contribution in [-0.2, 0) is 30.3 Å². The Balaban J connectivity index is 1.79. The molecule has 1 heterocycles. The van der Waals surface area contributed by atoms with Crippen LogP contribution >= 0.6 is 11.3 Å².